The van der Waals surface area contributed by atoms with Crippen LogP contribution in [0.2, 0.25) is 0 Å². The molecule has 1 aliphatic rings. The summed E-state index contributed by atoms with van der Waals surface area (Å²) in [7, 11) is 0. The van der Waals surface area contributed by atoms with Gasteiger partial charge >= 0.3 is 37.7 Å². The summed E-state index contributed by atoms with van der Waals surface area (Å²) in [5.41, 5.74) is 0.190. The van der Waals surface area contributed by atoms with E-state index in [0.717, 1.165) is 0 Å². The van der Waals surface area contributed by atoms with Crippen molar-refractivity contribution in [3.63, 3.8) is 0 Å². The minimum absolute atomic E-state index is 0. The molecule has 0 saturated heterocycles. The Morgan fingerprint density at radius 2 is 2.40 bits per heavy atom. The molecule has 2 N–H and O–H groups in total. The van der Waals surface area contributed by atoms with Gasteiger partial charge in [0, 0.05) is 0 Å². The third kappa shape index (κ3) is 3.68. The van der Waals surface area contributed by atoms with E-state index in [9.17, 15) is 9.90 Å². The Morgan fingerprint density at radius 1 is 1.80 bits per heavy atom. The van der Waals surface area contributed by atoms with E-state index in [1.54, 1.807) is 0 Å². The van der Waals surface area contributed by atoms with Crippen molar-refractivity contribution in [2.75, 3.05) is 5.88 Å². The SMILES string of the molecule is O=C([O-])C1=CSCN1.[Ca+2].[OH-]. The van der Waals surface area contributed by atoms with Gasteiger partial charge in [0.2, 0.25) is 0 Å². The van der Waals surface area contributed by atoms with Gasteiger partial charge in [-0.1, -0.05) is 0 Å². The van der Waals surface area contributed by atoms with Crippen LogP contribution in [0.4, 0.5) is 0 Å². The normalized spacial score (nSPS) is 13.8. The van der Waals surface area contributed by atoms with Gasteiger partial charge in [-0.05, 0) is 5.41 Å². The Bertz CT molecular complexity index is 149. The monoisotopic (exact) mass is 187 g/mol. The van der Waals surface area contributed by atoms with Crippen molar-refractivity contribution < 1.29 is 15.4 Å². The van der Waals surface area contributed by atoms with Crippen LogP contribution >= 0.6 is 11.8 Å². The molecule has 0 aromatic rings. The molecule has 6 heteroatoms. The van der Waals surface area contributed by atoms with E-state index in [0.29, 0.717) is 5.88 Å². The van der Waals surface area contributed by atoms with E-state index in [-0.39, 0.29) is 48.9 Å². The molecule has 0 bridgehead atoms. The summed E-state index contributed by atoms with van der Waals surface area (Å²) in [5.74, 6) is -0.487. The van der Waals surface area contributed by atoms with E-state index in [1.807, 2.05) is 0 Å². The molecule has 52 valence electrons. The Morgan fingerprint density at radius 3 is 2.60 bits per heavy atom. The van der Waals surface area contributed by atoms with E-state index in [2.05, 4.69) is 5.32 Å². The molecule has 0 aromatic heterocycles. The number of rotatable bonds is 1. The predicted octanol–water partition coefficient (Wildman–Crippen LogP) is -1.69. The van der Waals surface area contributed by atoms with Crippen molar-refractivity contribution in [3.05, 3.63) is 11.1 Å². The van der Waals surface area contributed by atoms with Crippen molar-refractivity contribution >= 4 is 55.5 Å². The molecular formula is C4H5CaNO3S. The average Bonchev–Trinajstić information content (AvgIpc) is 2.12. The minimum Gasteiger partial charge on any atom is -0.870 e. The molecule has 0 spiro atoms. The number of nitrogens with one attached hydrogen (secondary N) is 1. The molecule has 0 saturated carbocycles. The maximum Gasteiger partial charge on any atom is 2.00 e. The summed E-state index contributed by atoms with van der Waals surface area (Å²) >= 11 is 1.42. The zero-order valence-electron chi connectivity index (χ0n) is 5.16. The maximum atomic E-state index is 9.95. The van der Waals surface area contributed by atoms with Crippen LogP contribution in [-0.4, -0.2) is 55.1 Å². The quantitative estimate of drug-likeness (QED) is 0.495. The summed E-state index contributed by atoms with van der Waals surface area (Å²) < 4.78 is 0. The van der Waals surface area contributed by atoms with Gasteiger partial charge < -0.3 is 20.7 Å². The number of carbonyl (C=O) groups excluding carboxylic acids is 1. The number of hydrogen-bond acceptors (Lipinski definition) is 5. The van der Waals surface area contributed by atoms with Gasteiger partial charge in [-0.3, -0.25) is 0 Å². The molecule has 0 aromatic carbocycles. The molecule has 1 aliphatic heterocycles. The second kappa shape index (κ2) is 6.30. The van der Waals surface area contributed by atoms with Crippen molar-refractivity contribution in [1.82, 2.24) is 5.32 Å². The van der Waals surface area contributed by atoms with Gasteiger partial charge in [0.1, 0.15) is 0 Å². The second-order valence-corrected chi connectivity index (χ2v) is 2.16. The molecule has 0 unspecified atom stereocenters. The van der Waals surface area contributed by atoms with E-state index >= 15 is 0 Å². The molecule has 0 fully saturated rings. The third-order valence-electron chi connectivity index (χ3n) is 0.767. The fraction of sp³-hybridized carbons (Fsp3) is 0.250. The van der Waals surface area contributed by atoms with Crippen LogP contribution in [0.1, 0.15) is 0 Å². The van der Waals surface area contributed by atoms with Crippen LogP contribution in [0.25, 0.3) is 0 Å². The van der Waals surface area contributed by atoms with Crippen molar-refractivity contribution in [2.45, 2.75) is 0 Å². The zero-order chi connectivity index (χ0) is 5.98. The summed E-state index contributed by atoms with van der Waals surface area (Å²) in [4.78, 5) is 9.95. The van der Waals surface area contributed by atoms with Crippen LogP contribution < -0.4 is 10.4 Å². The summed E-state index contributed by atoms with van der Waals surface area (Å²) in [6, 6.07) is 0. The van der Waals surface area contributed by atoms with Gasteiger partial charge in [0.05, 0.1) is 17.5 Å². The summed E-state index contributed by atoms with van der Waals surface area (Å²) in [6.45, 7) is 0. The van der Waals surface area contributed by atoms with Gasteiger partial charge in [0.25, 0.3) is 0 Å². The number of carbonyl (C=O) groups is 1. The first-order chi connectivity index (χ1) is 3.80. The Kier molecular flexibility index (Phi) is 8.31. The van der Waals surface area contributed by atoms with Gasteiger partial charge in [-0.15, -0.1) is 11.8 Å². The molecule has 10 heavy (non-hydrogen) atoms. The van der Waals surface area contributed by atoms with Crippen molar-refractivity contribution in [2.24, 2.45) is 0 Å². The maximum absolute atomic E-state index is 9.95. The first-order valence-corrected chi connectivity index (χ1v) is 3.12. The number of thioether (sulfide) groups is 1. The van der Waals surface area contributed by atoms with Crippen LogP contribution in [0.5, 0.6) is 0 Å². The van der Waals surface area contributed by atoms with Gasteiger partial charge in [-0.25, -0.2) is 0 Å². The number of hydrogen-bond donors (Lipinski definition) is 1. The number of aliphatic carboxylic acids is 1. The molecule has 1 heterocycles. The molecule has 0 atom stereocenters. The average molecular weight is 187 g/mol. The molecular weight excluding hydrogens is 182 g/mol. The predicted molar refractivity (Wildman–Crippen MR) is 36.4 cm³/mol. The standard InChI is InChI=1S/C4H5NO2S.Ca.H2O/c6-4(7)3-1-8-2-5-3;;/h1,5H,2H2,(H,6,7);;1H2/q;+2;/p-2. The first-order valence-electron chi connectivity index (χ1n) is 2.07. The second-order valence-electron chi connectivity index (χ2n) is 1.31. The van der Waals surface area contributed by atoms with Crippen LogP contribution in [0, 0.1) is 0 Å². The Hall–Kier alpha value is 0.580. The van der Waals surface area contributed by atoms with Crippen molar-refractivity contribution in [1.29, 1.82) is 0 Å². The topological polar surface area (TPSA) is 82.2 Å². The summed E-state index contributed by atoms with van der Waals surface area (Å²) in [5, 5.41) is 14.1. The largest absolute Gasteiger partial charge is 2.00 e. The number of carboxylic acid groups (broad SMARTS) is 1. The smallest absolute Gasteiger partial charge is 0.870 e. The van der Waals surface area contributed by atoms with Gasteiger partial charge in [0.15, 0.2) is 0 Å². The van der Waals surface area contributed by atoms with Crippen LogP contribution in [0.15, 0.2) is 11.1 Å². The fourth-order valence-corrected chi connectivity index (χ4v) is 1.07. The zero-order valence-corrected chi connectivity index (χ0v) is 8.19. The molecule has 4 nitrogen and oxygen atoms in total. The van der Waals surface area contributed by atoms with Crippen molar-refractivity contribution in [3.8, 4) is 0 Å². The van der Waals surface area contributed by atoms with E-state index in [4.69, 9.17) is 0 Å². The Labute approximate surface area is 92.4 Å². The van der Waals surface area contributed by atoms with E-state index < -0.39 is 5.97 Å². The number of carboxylic acids is 1. The van der Waals surface area contributed by atoms with Gasteiger partial charge in [-0.2, -0.15) is 0 Å². The molecule has 1 rings (SSSR count). The molecule has 0 aliphatic carbocycles. The minimum atomic E-state index is -1.13. The molecule has 0 amide bonds. The van der Waals surface area contributed by atoms with Crippen LogP contribution in [0.3, 0.4) is 0 Å². The van der Waals surface area contributed by atoms with Crippen LogP contribution in [-0.2, 0) is 4.79 Å². The fourth-order valence-electron chi connectivity index (χ4n) is 0.406. The third-order valence-corrected chi connectivity index (χ3v) is 1.48. The molecule has 0 radical (unpaired) electrons. The summed E-state index contributed by atoms with van der Waals surface area (Å²) in [6.07, 6.45) is 0. The first kappa shape index (κ1) is 13.2. The van der Waals surface area contributed by atoms with E-state index in [1.165, 1.54) is 17.2 Å². The Balaban J connectivity index is 0.